The van der Waals surface area contributed by atoms with Gasteiger partial charge in [0.2, 0.25) is 0 Å². The van der Waals surface area contributed by atoms with Gasteiger partial charge in [-0.05, 0) is 50.6 Å². The van der Waals surface area contributed by atoms with E-state index in [1.54, 1.807) is 23.9 Å². The summed E-state index contributed by atoms with van der Waals surface area (Å²) in [6, 6.07) is 7.49. The van der Waals surface area contributed by atoms with Gasteiger partial charge in [0.1, 0.15) is 0 Å². The highest BCUT2D eigenvalue weighted by atomic mass is 79.9. The van der Waals surface area contributed by atoms with Crippen LogP contribution >= 0.6 is 27.7 Å². The van der Waals surface area contributed by atoms with E-state index < -0.39 is 5.97 Å². The van der Waals surface area contributed by atoms with Crippen LogP contribution in [0, 0.1) is 16.7 Å². The van der Waals surface area contributed by atoms with E-state index in [4.69, 9.17) is 10.4 Å². The van der Waals surface area contributed by atoms with Gasteiger partial charge in [0, 0.05) is 9.37 Å². The van der Waals surface area contributed by atoms with Crippen molar-refractivity contribution < 1.29 is 9.90 Å². The summed E-state index contributed by atoms with van der Waals surface area (Å²) in [5.41, 5.74) is 0.0719. The van der Waals surface area contributed by atoms with Crippen molar-refractivity contribution in [2.45, 2.75) is 38.0 Å². The SMILES string of the molecule is CC(C)(C#N)CCCCSc1cc(Br)ccc1C(=O)O. The molecule has 0 fully saturated rings. The topological polar surface area (TPSA) is 61.1 Å². The number of rotatable bonds is 7. The van der Waals surface area contributed by atoms with E-state index in [1.807, 2.05) is 19.9 Å². The van der Waals surface area contributed by atoms with E-state index >= 15 is 0 Å². The Balaban J connectivity index is 2.49. The molecule has 0 aliphatic rings. The Labute approximate surface area is 132 Å². The molecule has 0 spiro atoms. The minimum absolute atomic E-state index is 0.271. The molecule has 20 heavy (non-hydrogen) atoms. The molecule has 0 saturated carbocycles. The number of carboxylic acid groups (broad SMARTS) is 1. The summed E-state index contributed by atoms with van der Waals surface area (Å²) in [6.07, 6.45) is 2.82. The fraction of sp³-hybridized carbons (Fsp3) is 0.467. The Morgan fingerprint density at radius 1 is 1.45 bits per heavy atom. The van der Waals surface area contributed by atoms with E-state index in [9.17, 15) is 4.79 Å². The van der Waals surface area contributed by atoms with Crippen LogP contribution in [0.5, 0.6) is 0 Å². The molecule has 0 bridgehead atoms. The number of hydrogen-bond acceptors (Lipinski definition) is 3. The predicted molar refractivity (Wildman–Crippen MR) is 85.1 cm³/mol. The number of aromatic carboxylic acids is 1. The van der Waals surface area contributed by atoms with Crippen LogP contribution in [-0.4, -0.2) is 16.8 Å². The summed E-state index contributed by atoms with van der Waals surface area (Å²) in [7, 11) is 0. The molecular weight excluding hydrogens is 338 g/mol. The first kappa shape index (κ1) is 17.1. The van der Waals surface area contributed by atoms with E-state index in [-0.39, 0.29) is 5.41 Å². The lowest BCUT2D eigenvalue weighted by molar-refractivity contribution is 0.0693. The number of carboxylic acids is 1. The fourth-order valence-corrected chi connectivity index (χ4v) is 3.30. The van der Waals surface area contributed by atoms with E-state index in [0.717, 1.165) is 34.4 Å². The smallest absolute Gasteiger partial charge is 0.336 e. The molecule has 108 valence electrons. The highest BCUT2D eigenvalue weighted by molar-refractivity contribution is 9.10. The van der Waals surface area contributed by atoms with Crippen molar-refractivity contribution in [2.75, 3.05) is 5.75 Å². The van der Waals surface area contributed by atoms with Crippen LogP contribution < -0.4 is 0 Å². The van der Waals surface area contributed by atoms with Gasteiger partial charge in [-0.25, -0.2) is 4.79 Å². The molecule has 0 aliphatic heterocycles. The lowest BCUT2D eigenvalue weighted by Gasteiger charge is -2.14. The summed E-state index contributed by atoms with van der Waals surface area (Å²) < 4.78 is 0.885. The van der Waals surface area contributed by atoms with E-state index in [1.165, 1.54) is 0 Å². The Kier molecular flexibility index (Phi) is 6.57. The molecule has 1 aromatic rings. The first-order chi connectivity index (χ1) is 9.35. The summed E-state index contributed by atoms with van der Waals surface area (Å²) in [4.78, 5) is 11.9. The van der Waals surface area contributed by atoms with E-state index in [0.29, 0.717) is 5.56 Å². The van der Waals surface area contributed by atoms with Gasteiger partial charge in [0.15, 0.2) is 0 Å². The van der Waals surface area contributed by atoms with Crippen molar-refractivity contribution in [2.24, 2.45) is 5.41 Å². The first-order valence-corrected chi connectivity index (χ1v) is 8.20. The number of halogens is 1. The second-order valence-corrected chi connectivity index (χ2v) is 7.30. The van der Waals surface area contributed by atoms with Crippen molar-refractivity contribution >= 4 is 33.7 Å². The van der Waals surface area contributed by atoms with Crippen molar-refractivity contribution in [3.05, 3.63) is 28.2 Å². The van der Waals surface area contributed by atoms with Crippen molar-refractivity contribution in [3.63, 3.8) is 0 Å². The monoisotopic (exact) mass is 355 g/mol. The van der Waals surface area contributed by atoms with Crippen LogP contribution in [0.15, 0.2) is 27.6 Å². The van der Waals surface area contributed by atoms with Gasteiger partial charge >= 0.3 is 5.97 Å². The Morgan fingerprint density at radius 3 is 2.75 bits per heavy atom. The maximum Gasteiger partial charge on any atom is 0.336 e. The molecule has 0 atom stereocenters. The third kappa shape index (κ3) is 5.56. The van der Waals surface area contributed by atoms with Gasteiger partial charge in [-0.15, -0.1) is 11.8 Å². The Bertz CT molecular complexity index is 523. The molecule has 0 aromatic heterocycles. The van der Waals surface area contributed by atoms with Crippen LogP contribution in [0.4, 0.5) is 0 Å². The number of thioether (sulfide) groups is 1. The molecule has 1 aromatic carbocycles. The van der Waals surface area contributed by atoms with Gasteiger partial charge in [-0.1, -0.05) is 22.4 Å². The van der Waals surface area contributed by atoms with Crippen molar-refractivity contribution in [3.8, 4) is 6.07 Å². The van der Waals surface area contributed by atoms with Crippen LogP contribution in [0.2, 0.25) is 0 Å². The Hall–Kier alpha value is -0.990. The summed E-state index contributed by atoms with van der Waals surface area (Å²) >= 11 is 4.92. The van der Waals surface area contributed by atoms with Crippen molar-refractivity contribution in [1.82, 2.24) is 0 Å². The molecule has 0 radical (unpaired) electrons. The molecular formula is C15H18BrNO2S. The fourth-order valence-electron chi connectivity index (χ4n) is 1.70. The third-order valence-corrected chi connectivity index (χ3v) is 4.57. The zero-order valence-corrected chi connectivity index (χ0v) is 14.1. The largest absolute Gasteiger partial charge is 0.478 e. The van der Waals surface area contributed by atoms with Crippen molar-refractivity contribution in [1.29, 1.82) is 5.26 Å². The first-order valence-electron chi connectivity index (χ1n) is 6.42. The average molecular weight is 356 g/mol. The highest BCUT2D eigenvalue weighted by Gasteiger charge is 2.15. The molecule has 5 heteroatoms. The maximum absolute atomic E-state index is 11.1. The molecule has 0 aliphatic carbocycles. The summed E-state index contributed by atoms with van der Waals surface area (Å²) in [6.45, 7) is 3.88. The van der Waals surface area contributed by atoms with Gasteiger partial charge in [-0.3, -0.25) is 0 Å². The highest BCUT2D eigenvalue weighted by Crippen LogP contribution is 2.28. The average Bonchev–Trinajstić information content (AvgIpc) is 2.38. The summed E-state index contributed by atoms with van der Waals surface area (Å²) in [5, 5.41) is 18.1. The lowest BCUT2D eigenvalue weighted by atomic mass is 9.89. The van der Waals surface area contributed by atoms with Crippen LogP contribution in [0.3, 0.4) is 0 Å². The van der Waals surface area contributed by atoms with Gasteiger partial charge in [0.25, 0.3) is 0 Å². The Morgan fingerprint density at radius 2 is 2.15 bits per heavy atom. The quantitative estimate of drug-likeness (QED) is 0.554. The standard InChI is InChI=1S/C15H18BrNO2S/c1-15(2,10-17)7-3-4-8-20-13-9-11(16)5-6-12(13)14(18)19/h5-6,9H,3-4,7-8H2,1-2H3,(H,18,19). The molecule has 3 nitrogen and oxygen atoms in total. The number of unbranched alkanes of at least 4 members (excludes halogenated alkanes) is 1. The summed E-state index contributed by atoms with van der Waals surface area (Å²) in [5.74, 6) is -0.0382. The number of nitrogens with zero attached hydrogens (tertiary/aromatic N) is 1. The molecule has 0 saturated heterocycles. The maximum atomic E-state index is 11.1. The van der Waals surface area contributed by atoms with Gasteiger partial charge in [-0.2, -0.15) is 5.26 Å². The number of carbonyl (C=O) groups is 1. The molecule has 1 N–H and O–H groups in total. The minimum Gasteiger partial charge on any atom is -0.478 e. The van der Waals surface area contributed by atoms with Gasteiger partial charge in [0.05, 0.1) is 17.0 Å². The normalized spacial score (nSPS) is 11.1. The minimum atomic E-state index is -0.898. The predicted octanol–water partition coefficient (Wildman–Crippen LogP) is 4.96. The number of hydrogen-bond donors (Lipinski definition) is 1. The molecule has 0 amide bonds. The molecule has 0 unspecified atom stereocenters. The zero-order valence-electron chi connectivity index (χ0n) is 11.6. The lowest BCUT2D eigenvalue weighted by Crippen LogP contribution is -2.07. The number of nitriles is 1. The second kappa shape index (κ2) is 7.70. The van der Waals surface area contributed by atoms with Crippen LogP contribution in [-0.2, 0) is 0 Å². The number of benzene rings is 1. The molecule has 1 rings (SSSR count). The van der Waals surface area contributed by atoms with Crippen LogP contribution in [0.1, 0.15) is 43.5 Å². The third-order valence-electron chi connectivity index (χ3n) is 2.93. The zero-order chi connectivity index (χ0) is 15.2. The molecule has 0 heterocycles. The second-order valence-electron chi connectivity index (χ2n) is 5.25. The van der Waals surface area contributed by atoms with Crippen LogP contribution in [0.25, 0.3) is 0 Å². The van der Waals surface area contributed by atoms with E-state index in [2.05, 4.69) is 22.0 Å². The van der Waals surface area contributed by atoms with Gasteiger partial charge < -0.3 is 5.11 Å².